The molecule has 0 saturated carbocycles. The molecule has 23 heavy (non-hydrogen) atoms. The SMILES string of the molecule is CCC(CC)NC(=O)CSc1ncnc2sc3c(c12)CCCC3. The minimum Gasteiger partial charge on any atom is -0.353 e. The van der Waals surface area contributed by atoms with E-state index in [1.165, 1.54) is 28.7 Å². The van der Waals surface area contributed by atoms with Crippen LogP contribution in [-0.2, 0) is 17.6 Å². The van der Waals surface area contributed by atoms with Crippen LogP contribution < -0.4 is 5.32 Å². The van der Waals surface area contributed by atoms with E-state index in [4.69, 9.17) is 0 Å². The Kier molecular flexibility index (Phi) is 5.54. The summed E-state index contributed by atoms with van der Waals surface area (Å²) in [6.45, 7) is 4.21. The van der Waals surface area contributed by atoms with Crippen molar-refractivity contribution in [2.24, 2.45) is 0 Å². The second kappa shape index (κ2) is 7.62. The fraction of sp³-hybridized carbons (Fsp3) is 0.588. The lowest BCUT2D eigenvalue weighted by atomic mass is 9.97. The maximum Gasteiger partial charge on any atom is 0.230 e. The summed E-state index contributed by atoms with van der Waals surface area (Å²) in [6.07, 6.45) is 8.38. The molecule has 2 aromatic rings. The van der Waals surface area contributed by atoms with E-state index >= 15 is 0 Å². The molecule has 0 aromatic carbocycles. The first-order chi connectivity index (χ1) is 11.2. The average molecular weight is 350 g/mol. The van der Waals surface area contributed by atoms with Crippen molar-refractivity contribution in [2.45, 2.75) is 63.4 Å². The number of carbonyl (C=O) groups excluding carboxylic acids is 1. The van der Waals surface area contributed by atoms with Crippen LogP contribution in [0.15, 0.2) is 11.4 Å². The lowest BCUT2D eigenvalue weighted by molar-refractivity contribution is -0.119. The van der Waals surface area contributed by atoms with Crippen molar-refractivity contribution in [3.8, 4) is 0 Å². The van der Waals surface area contributed by atoms with Gasteiger partial charge in [-0.15, -0.1) is 11.3 Å². The zero-order valence-electron chi connectivity index (χ0n) is 13.7. The zero-order chi connectivity index (χ0) is 16.2. The highest BCUT2D eigenvalue weighted by atomic mass is 32.2. The Morgan fingerprint density at radius 2 is 2.09 bits per heavy atom. The number of fused-ring (bicyclic) bond motifs is 3. The van der Waals surface area contributed by atoms with Crippen molar-refractivity contribution in [1.29, 1.82) is 0 Å². The van der Waals surface area contributed by atoms with Crippen LogP contribution in [0.2, 0.25) is 0 Å². The first-order valence-corrected chi connectivity index (χ1v) is 10.2. The fourth-order valence-corrected chi connectivity index (χ4v) is 5.20. The molecule has 1 N–H and O–H groups in total. The minimum atomic E-state index is 0.0968. The molecular formula is C17H23N3OS2. The third-order valence-corrected chi connectivity index (χ3v) is 6.60. The topological polar surface area (TPSA) is 54.9 Å². The van der Waals surface area contributed by atoms with E-state index < -0.39 is 0 Å². The van der Waals surface area contributed by atoms with E-state index in [1.54, 1.807) is 29.4 Å². The maximum atomic E-state index is 12.1. The first kappa shape index (κ1) is 16.7. The van der Waals surface area contributed by atoms with Gasteiger partial charge in [-0.3, -0.25) is 4.79 Å². The molecule has 4 nitrogen and oxygen atoms in total. The van der Waals surface area contributed by atoms with Crippen LogP contribution in [0.4, 0.5) is 0 Å². The number of hydrogen-bond donors (Lipinski definition) is 1. The summed E-state index contributed by atoms with van der Waals surface area (Å²) < 4.78 is 0. The van der Waals surface area contributed by atoms with Gasteiger partial charge in [0.1, 0.15) is 16.2 Å². The van der Waals surface area contributed by atoms with Crippen LogP contribution >= 0.6 is 23.1 Å². The van der Waals surface area contributed by atoms with Crippen molar-refractivity contribution >= 4 is 39.2 Å². The molecule has 0 unspecified atom stereocenters. The van der Waals surface area contributed by atoms with Gasteiger partial charge in [0.25, 0.3) is 0 Å². The Labute approximate surface area is 145 Å². The van der Waals surface area contributed by atoms with Gasteiger partial charge in [0.05, 0.1) is 5.75 Å². The summed E-state index contributed by atoms with van der Waals surface area (Å²) in [6, 6.07) is 0.280. The lowest BCUT2D eigenvalue weighted by Crippen LogP contribution is -2.35. The molecule has 1 aliphatic carbocycles. The normalized spacial score (nSPS) is 14.2. The van der Waals surface area contributed by atoms with Crippen molar-refractivity contribution < 1.29 is 4.79 Å². The number of hydrogen-bond acceptors (Lipinski definition) is 5. The molecule has 124 valence electrons. The number of rotatable bonds is 6. The molecule has 1 aliphatic rings. The smallest absolute Gasteiger partial charge is 0.230 e. The third-order valence-electron chi connectivity index (χ3n) is 4.41. The molecule has 3 rings (SSSR count). The molecule has 0 atom stereocenters. The number of aromatic nitrogens is 2. The highest BCUT2D eigenvalue weighted by molar-refractivity contribution is 8.00. The van der Waals surface area contributed by atoms with Crippen molar-refractivity contribution in [2.75, 3.05) is 5.75 Å². The van der Waals surface area contributed by atoms with Crippen LogP contribution in [-0.4, -0.2) is 27.7 Å². The molecule has 0 saturated heterocycles. The van der Waals surface area contributed by atoms with E-state index in [9.17, 15) is 4.79 Å². The second-order valence-electron chi connectivity index (χ2n) is 5.94. The highest BCUT2D eigenvalue weighted by Crippen LogP contribution is 2.39. The van der Waals surface area contributed by atoms with Gasteiger partial charge >= 0.3 is 0 Å². The molecule has 0 bridgehead atoms. The zero-order valence-corrected chi connectivity index (χ0v) is 15.4. The highest BCUT2D eigenvalue weighted by Gasteiger charge is 2.20. The molecule has 0 fully saturated rings. The van der Waals surface area contributed by atoms with Crippen molar-refractivity contribution in [1.82, 2.24) is 15.3 Å². The van der Waals surface area contributed by atoms with Gasteiger partial charge in [-0.1, -0.05) is 25.6 Å². The first-order valence-electron chi connectivity index (χ1n) is 8.40. The quantitative estimate of drug-likeness (QED) is 0.633. The Hall–Kier alpha value is -1.14. The minimum absolute atomic E-state index is 0.0968. The molecular weight excluding hydrogens is 326 g/mol. The van der Waals surface area contributed by atoms with Crippen LogP contribution in [0, 0.1) is 0 Å². The molecule has 0 radical (unpaired) electrons. The number of nitrogens with one attached hydrogen (secondary N) is 1. The number of nitrogens with zero attached hydrogens (tertiary/aromatic N) is 2. The molecule has 0 aliphatic heterocycles. The van der Waals surface area contributed by atoms with Gasteiger partial charge in [0.15, 0.2) is 0 Å². The summed E-state index contributed by atoms with van der Waals surface area (Å²) in [7, 11) is 0. The van der Waals surface area contributed by atoms with E-state index in [-0.39, 0.29) is 11.9 Å². The van der Waals surface area contributed by atoms with Gasteiger partial charge in [-0.05, 0) is 44.1 Å². The van der Waals surface area contributed by atoms with Crippen LogP contribution in [0.25, 0.3) is 10.2 Å². The predicted octanol–water partition coefficient (Wildman–Crippen LogP) is 3.97. The summed E-state index contributed by atoms with van der Waals surface area (Å²) in [5.74, 6) is 0.521. The Balaban J connectivity index is 1.75. The average Bonchev–Trinajstić information content (AvgIpc) is 2.97. The molecule has 0 spiro atoms. The van der Waals surface area contributed by atoms with E-state index in [2.05, 4.69) is 29.1 Å². The number of thiophene rings is 1. The van der Waals surface area contributed by atoms with Crippen molar-refractivity contribution in [3.63, 3.8) is 0 Å². The summed E-state index contributed by atoms with van der Waals surface area (Å²) in [4.78, 5) is 23.6. The molecule has 2 aromatic heterocycles. The van der Waals surface area contributed by atoms with Gasteiger partial charge in [-0.2, -0.15) is 0 Å². The van der Waals surface area contributed by atoms with E-state index in [1.807, 2.05) is 0 Å². The van der Waals surface area contributed by atoms with Crippen LogP contribution in [0.1, 0.15) is 50.0 Å². The molecule has 2 heterocycles. The van der Waals surface area contributed by atoms with Crippen molar-refractivity contribution in [3.05, 3.63) is 16.8 Å². The summed E-state index contributed by atoms with van der Waals surface area (Å²) in [5, 5.41) is 5.26. The molecule has 1 amide bonds. The summed E-state index contributed by atoms with van der Waals surface area (Å²) in [5.41, 5.74) is 1.43. The van der Waals surface area contributed by atoms with E-state index in [0.717, 1.165) is 35.5 Å². The third kappa shape index (κ3) is 3.69. The Morgan fingerprint density at radius 1 is 1.30 bits per heavy atom. The van der Waals surface area contributed by atoms with E-state index in [0.29, 0.717) is 5.75 Å². The Bertz CT molecular complexity index is 694. The van der Waals surface area contributed by atoms with Crippen LogP contribution in [0.5, 0.6) is 0 Å². The standard InChI is InChI=1S/C17H23N3OS2/c1-3-11(4-2)20-14(21)9-22-16-15-12-7-5-6-8-13(12)23-17(15)19-10-18-16/h10-11H,3-9H2,1-2H3,(H,20,21). The number of thioether (sulfide) groups is 1. The monoisotopic (exact) mass is 349 g/mol. The second-order valence-corrected chi connectivity index (χ2v) is 7.99. The largest absolute Gasteiger partial charge is 0.353 e. The predicted molar refractivity (Wildman–Crippen MR) is 97.3 cm³/mol. The fourth-order valence-electron chi connectivity index (χ4n) is 3.07. The lowest BCUT2D eigenvalue weighted by Gasteiger charge is -2.14. The Morgan fingerprint density at radius 3 is 2.87 bits per heavy atom. The maximum absolute atomic E-state index is 12.1. The van der Waals surface area contributed by atoms with Gasteiger partial charge < -0.3 is 5.32 Å². The van der Waals surface area contributed by atoms with Gasteiger partial charge in [-0.25, -0.2) is 9.97 Å². The molecule has 6 heteroatoms. The number of amides is 1. The number of carbonyl (C=O) groups is 1. The van der Waals surface area contributed by atoms with Gasteiger partial charge in [0.2, 0.25) is 5.91 Å². The van der Waals surface area contributed by atoms with Crippen LogP contribution in [0.3, 0.4) is 0 Å². The number of aryl methyl sites for hydroxylation is 2. The van der Waals surface area contributed by atoms with Gasteiger partial charge in [0, 0.05) is 16.3 Å². The summed E-state index contributed by atoms with van der Waals surface area (Å²) >= 11 is 3.34.